The molecule has 5 saturated heterocycles. The Bertz CT molecular complexity index is 1820. The number of fused-ring (bicyclic) bond motifs is 6. The maximum Gasteiger partial charge on any atom is 0.319 e. The summed E-state index contributed by atoms with van der Waals surface area (Å²) in [6.07, 6.45) is 2.87. The summed E-state index contributed by atoms with van der Waals surface area (Å²) < 4.78 is 82.7. The van der Waals surface area contributed by atoms with E-state index in [0.29, 0.717) is 31.9 Å². The Morgan fingerprint density at radius 2 is 1.89 bits per heavy atom. The normalized spacial score (nSPS) is 26.7. The van der Waals surface area contributed by atoms with Gasteiger partial charge in [-0.25, -0.2) is 22.0 Å². The van der Waals surface area contributed by atoms with Crippen molar-refractivity contribution >= 4 is 27.5 Å². The summed E-state index contributed by atoms with van der Waals surface area (Å²) in [6, 6.07) is 5.53. The first-order chi connectivity index (χ1) is 21.2. The number of hydrogen-bond acceptors (Lipinski definition) is 7. The molecule has 0 radical (unpaired) electrons. The molecule has 0 unspecified atom stereocenters. The molecule has 0 amide bonds. The molecule has 7 nitrogen and oxygen atoms in total. The van der Waals surface area contributed by atoms with Crippen molar-refractivity contribution < 1.29 is 31.8 Å². The van der Waals surface area contributed by atoms with Crippen molar-refractivity contribution in [2.75, 3.05) is 37.7 Å². The van der Waals surface area contributed by atoms with Gasteiger partial charge in [-0.1, -0.05) is 6.07 Å². The molecule has 0 spiro atoms. The van der Waals surface area contributed by atoms with Crippen LogP contribution >= 0.6 is 0 Å². The maximum absolute atomic E-state index is 16.7. The van der Waals surface area contributed by atoms with Gasteiger partial charge in [-0.2, -0.15) is 9.97 Å². The zero-order valence-electron chi connectivity index (χ0n) is 23.7. The fourth-order valence-electron chi connectivity index (χ4n) is 7.88. The summed E-state index contributed by atoms with van der Waals surface area (Å²) in [5, 5.41) is 13.6. The van der Waals surface area contributed by atoms with E-state index in [2.05, 4.69) is 20.2 Å². The van der Waals surface area contributed by atoms with Crippen LogP contribution in [-0.2, 0) is 0 Å². The molecule has 230 valence electrons. The molecule has 5 aliphatic rings. The highest BCUT2D eigenvalue weighted by atomic mass is 19.2. The second-order valence-corrected chi connectivity index (χ2v) is 12.6. The maximum atomic E-state index is 16.7. The van der Waals surface area contributed by atoms with Crippen LogP contribution in [0.4, 0.5) is 27.8 Å². The van der Waals surface area contributed by atoms with Gasteiger partial charge in [0.2, 0.25) is 0 Å². The van der Waals surface area contributed by atoms with Crippen LogP contribution in [0.15, 0.2) is 30.3 Å². The summed E-state index contributed by atoms with van der Waals surface area (Å²) in [4.78, 5) is 13.2. The fraction of sp³-hybridized carbons (Fsp3) is 0.438. The lowest BCUT2D eigenvalue weighted by Crippen LogP contribution is -2.61. The van der Waals surface area contributed by atoms with Crippen molar-refractivity contribution in [2.24, 2.45) is 0 Å². The zero-order valence-corrected chi connectivity index (χ0v) is 23.7. The summed E-state index contributed by atoms with van der Waals surface area (Å²) in [7, 11) is 0. The van der Waals surface area contributed by atoms with Gasteiger partial charge in [-0.15, -0.1) is 0 Å². The first-order valence-electron chi connectivity index (χ1n) is 15.0. The Balaban J connectivity index is 1.30. The number of halogens is 5. The van der Waals surface area contributed by atoms with Crippen molar-refractivity contribution in [1.82, 2.24) is 20.2 Å². The lowest BCUT2D eigenvalue weighted by Gasteiger charge is -2.46. The van der Waals surface area contributed by atoms with E-state index in [9.17, 15) is 13.9 Å². The molecule has 5 aliphatic heterocycles. The number of aromatic hydroxyl groups is 1. The molecule has 9 rings (SSSR count). The Labute approximate surface area is 249 Å². The van der Waals surface area contributed by atoms with E-state index in [0.717, 1.165) is 50.4 Å². The molecule has 5 fully saturated rings. The molecule has 1 aromatic heterocycles. The van der Waals surface area contributed by atoms with Gasteiger partial charge in [0.05, 0.1) is 11.1 Å². The number of aromatic nitrogens is 2. The summed E-state index contributed by atoms with van der Waals surface area (Å²) >= 11 is 0. The number of anilines is 1. The average Bonchev–Trinajstić information content (AvgIpc) is 3.54. The van der Waals surface area contributed by atoms with Gasteiger partial charge in [0.15, 0.2) is 17.5 Å². The van der Waals surface area contributed by atoms with E-state index in [4.69, 9.17) is 4.74 Å². The Morgan fingerprint density at radius 1 is 1.02 bits per heavy atom. The molecule has 12 heteroatoms. The molecule has 0 saturated carbocycles. The zero-order chi connectivity index (χ0) is 30.3. The predicted octanol–water partition coefficient (Wildman–Crippen LogP) is 5.61. The van der Waals surface area contributed by atoms with Crippen molar-refractivity contribution in [3.05, 3.63) is 53.6 Å². The van der Waals surface area contributed by atoms with Crippen LogP contribution in [-0.4, -0.2) is 76.6 Å². The van der Waals surface area contributed by atoms with E-state index >= 15 is 13.2 Å². The number of benzene rings is 3. The molecule has 4 atom stereocenters. The van der Waals surface area contributed by atoms with E-state index in [1.165, 1.54) is 12.1 Å². The second kappa shape index (κ2) is 10.1. The minimum atomic E-state index is -1.29. The van der Waals surface area contributed by atoms with Crippen molar-refractivity contribution in [3.8, 4) is 22.9 Å². The van der Waals surface area contributed by atoms with Gasteiger partial charge in [0, 0.05) is 54.5 Å². The van der Waals surface area contributed by atoms with E-state index in [1.54, 1.807) is 0 Å². The van der Waals surface area contributed by atoms with Crippen LogP contribution in [0.5, 0.6) is 11.8 Å². The minimum absolute atomic E-state index is 0.0369. The molecule has 6 heterocycles. The molecular weight excluding hydrogens is 581 g/mol. The van der Waals surface area contributed by atoms with Crippen molar-refractivity contribution in [2.45, 2.75) is 55.9 Å². The monoisotopic (exact) mass is 611 g/mol. The highest BCUT2D eigenvalue weighted by molar-refractivity contribution is 6.02. The highest BCUT2D eigenvalue weighted by Crippen LogP contribution is 2.43. The van der Waals surface area contributed by atoms with E-state index < -0.39 is 40.5 Å². The third-order valence-corrected chi connectivity index (χ3v) is 9.95. The third-order valence-electron chi connectivity index (χ3n) is 9.95. The number of nitrogens with one attached hydrogen (secondary N) is 1. The molecule has 3 aromatic carbocycles. The fourth-order valence-corrected chi connectivity index (χ4v) is 7.88. The van der Waals surface area contributed by atoms with Crippen LogP contribution in [0, 0.1) is 23.3 Å². The highest BCUT2D eigenvalue weighted by Gasteiger charge is 2.49. The molecular formula is C32H30F5N5O2. The lowest BCUT2D eigenvalue weighted by atomic mass is 9.92. The SMILES string of the molecule is Oc1cc(-c2c(F)cc3c(N4C[C@@H]5CC[C@H]4CN5)nc(OC[C@@]45CCCN4C[C@H](F)C5)nc3c2F)c2c(F)c(F)ccc2c1. The van der Waals surface area contributed by atoms with E-state index in [1.807, 2.05) is 4.90 Å². The first kappa shape index (κ1) is 27.8. The van der Waals surface area contributed by atoms with Crippen molar-refractivity contribution in [1.29, 1.82) is 0 Å². The quantitative estimate of drug-likeness (QED) is 0.285. The minimum Gasteiger partial charge on any atom is -0.508 e. The number of phenols is 1. The van der Waals surface area contributed by atoms with Crippen molar-refractivity contribution in [3.63, 3.8) is 0 Å². The van der Waals surface area contributed by atoms with E-state index in [-0.39, 0.29) is 57.7 Å². The van der Waals surface area contributed by atoms with Crippen LogP contribution in [0.2, 0.25) is 0 Å². The van der Waals surface area contributed by atoms with Gasteiger partial charge in [0.25, 0.3) is 0 Å². The summed E-state index contributed by atoms with van der Waals surface area (Å²) in [5.74, 6) is -4.69. The number of phenolic OH excluding ortho intramolecular Hbond substituents is 1. The Kier molecular flexibility index (Phi) is 6.39. The van der Waals surface area contributed by atoms with Gasteiger partial charge in [-0.3, -0.25) is 4.90 Å². The number of piperidine rings is 2. The summed E-state index contributed by atoms with van der Waals surface area (Å²) in [6.45, 7) is 2.48. The summed E-state index contributed by atoms with van der Waals surface area (Å²) in [5.41, 5.74) is -1.75. The molecule has 2 bridgehead atoms. The smallest absolute Gasteiger partial charge is 0.319 e. The number of piperazine rings is 1. The standard InChI is InChI=1S/C32H30F5N5O2/c33-17-11-32(6-1-7-41(32)13-17)15-44-31-39-29-22(30(40-31)42-14-18-3-4-19(42)12-38-18)10-24(35)26(28(29)37)21-9-20(43)8-16-2-5-23(34)27(36)25(16)21/h2,5,8-10,17-19,38,43H,1,3-4,6-7,11-15H2/t17-,18+,19+,32+/m1/s1. The van der Waals surface area contributed by atoms with Gasteiger partial charge >= 0.3 is 6.01 Å². The largest absolute Gasteiger partial charge is 0.508 e. The van der Waals surface area contributed by atoms with Gasteiger partial charge in [0.1, 0.15) is 35.7 Å². The topological polar surface area (TPSA) is 73.8 Å². The number of alkyl halides is 1. The van der Waals surface area contributed by atoms with Crippen LogP contribution in [0.3, 0.4) is 0 Å². The van der Waals surface area contributed by atoms with Crippen LogP contribution in [0.25, 0.3) is 32.8 Å². The molecule has 2 N–H and O–H groups in total. The average molecular weight is 612 g/mol. The lowest BCUT2D eigenvalue weighted by molar-refractivity contribution is 0.107. The predicted molar refractivity (Wildman–Crippen MR) is 155 cm³/mol. The Morgan fingerprint density at radius 3 is 2.66 bits per heavy atom. The third kappa shape index (κ3) is 4.28. The first-order valence-corrected chi connectivity index (χ1v) is 15.0. The number of nitrogens with zero attached hydrogens (tertiary/aromatic N) is 4. The molecule has 44 heavy (non-hydrogen) atoms. The number of hydrogen-bond donors (Lipinski definition) is 2. The number of rotatable bonds is 5. The number of ether oxygens (including phenoxy) is 1. The van der Waals surface area contributed by atoms with Gasteiger partial charge in [-0.05, 0) is 61.9 Å². The van der Waals surface area contributed by atoms with Crippen LogP contribution < -0.4 is 15.0 Å². The Hall–Kier alpha value is -3.77. The second-order valence-electron chi connectivity index (χ2n) is 12.6. The van der Waals surface area contributed by atoms with Gasteiger partial charge < -0.3 is 20.1 Å². The van der Waals surface area contributed by atoms with Crippen LogP contribution in [0.1, 0.15) is 32.1 Å². The molecule has 0 aliphatic carbocycles. The molecule has 4 aromatic rings.